The highest BCUT2D eigenvalue weighted by molar-refractivity contribution is 5.61. The topological polar surface area (TPSA) is 81.4 Å². The molecule has 1 aromatic heterocycles. The summed E-state index contributed by atoms with van der Waals surface area (Å²) in [6, 6.07) is 8.15. The van der Waals surface area contributed by atoms with Crippen LogP contribution in [0.4, 0.5) is 11.6 Å². The van der Waals surface area contributed by atoms with E-state index in [2.05, 4.69) is 14.9 Å². The summed E-state index contributed by atoms with van der Waals surface area (Å²) in [7, 11) is 0. The van der Waals surface area contributed by atoms with E-state index in [9.17, 15) is 10.1 Å². The van der Waals surface area contributed by atoms with Gasteiger partial charge in [-0.25, -0.2) is 9.97 Å². The lowest BCUT2D eigenvalue weighted by molar-refractivity contribution is -0.384. The van der Waals surface area contributed by atoms with Crippen LogP contribution in [-0.4, -0.2) is 41.2 Å². The first kappa shape index (κ1) is 13.4. The van der Waals surface area contributed by atoms with Gasteiger partial charge in [-0.05, 0) is 18.2 Å². The molecule has 1 saturated heterocycles. The lowest BCUT2D eigenvalue weighted by atomic mass is 10.1. The zero-order valence-electron chi connectivity index (χ0n) is 11.3. The Bertz CT molecular complexity index is 639. The summed E-state index contributed by atoms with van der Waals surface area (Å²) < 4.78 is 5.31. The first-order chi connectivity index (χ1) is 10.2. The van der Waals surface area contributed by atoms with Gasteiger partial charge in [-0.3, -0.25) is 10.1 Å². The van der Waals surface area contributed by atoms with Gasteiger partial charge in [-0.2, -0.15) is 0 Å². The molecular weight excluding hydrogens is 272 g/mol. The Kier molecular flexibility index (Phi) is 3.74. The highest BCUT2D eigenvalue weighted by Gasteiger charge is 2.14. The van der Waals surface area contributed by atoms with Crippen molar-refractivity contribution in [2.24, 2.45) is 0 Å². The van der Waals surface area contributed by atoms with Gasteiger partial charge in [0.25, 0.3) is 5.69 Å². The summed E-state index contributed by atoms with van der Waals surface area (Å²) in [4.78, 5) is 21.1. The molecule has 0 amide bonds. The molecule has 0 atom stereocenters. The maximum atomic E-state index is 10.7. The molecule has 108 valence electrons. The van der Waals surface area contributed by atoms with Crippen LogP contribution in [0.2, 0.25) is 0 Å². The van der Waals surface area contributed by atoms with E-state index in [0.717, 1.165) is 24.3 Å². The summed E-state index contributed by atoms with van der Waals surface area (Å²) in [5, 5.41) is 10.7. The van der Waals surface area contributed by atoms with Crippen molar-refractivity contribution < 1.29 is 9.66 Å². The van der Waals surface area contributed by atoms with Gasteiger partial charge in [-0.15, -0.1) is 0 Å². The largest absolute Gasteiger partial charge is 0.378 e. The van der Waals surface area contributed by atoms with Gasteiger partial charge in [0.2, 0.25) is 5.95 Å². The summed E-state index contributed by atoms with van der Waals surface area (Å²) in [5.74, 6) is 0.661. The van der Waals surface area contributed by atoms with E-state index >= 15 is 0 Å². The average Bonchev–Trinajstić information content (AvgIpc) is 2.56. The Morgan fingerprint density at radius 2 is 1.86 bits per heavy atom. The number of benzene rings is 1. The number of rotatable bonds is 3. The van der Waals surface area contributed by atoms with E-state index in [1.807, 2.05) is 0 Å². The van der Waals surface area contributed by atoms with Crippen molar-refractivity contribution in [2.75, 3.05) is 31.2 Å². The molecule has 0 bridgehead atoms. The third-order valence-electron chi connectivity index (χ3n) is 3.31. The van der Waals surface area contributed by atoms with Gasteiger partial charge >= 0.3 is 0 Å². The number of nitrogens with zero attached hydrogens (tertiary/aromatic N) is 4. The Morgan fingerprint density at radius 3 is 2.52 bits per heavy atom. The first-order valence-corrected chi connectivity index (χ1v) is 6.64. The summed E-state index contributed by atoms with van der Waals surface area (Å²) >= 11 is 0. The molecule has 1 aliphatic heterocycles. The number of hydrogen-bond donors (Lipinski definition) is 0. The van der Waals surface area contributed by atoms with Crippen molar-refractivity contribution in [3.63, 3.8) is 0 Å². The number of ether oxygens (including phenoxy) is 1. The predicted molar refractivity (Wildman–Crippen MR) is 77.2 cm³/mol. The Labute approximate surface area is 121 Å². The third kappa shape index (κ3) is 2.97. The molecule has 0 N–H and O–H groups in total. The van der Waals surface area contributed by atoms with Crippen molar-refractivity contribution in [2.45, 2.75) is 0 Å². The van der Waals surface area contributed by atoms with Gasteiger partial charge in [0.15, 0.2) is 0 Å². The molecule has 0 spiro atoms. The van der Waals surface area contributed by atoms with Crippen LogP contribution in [-0.2, 0) is 4.74 Å². The zero-order valence-corrected chi connectivity index (χ0v) is 11.3. The van der Waals surface area contributed by atoms with E-state index in [1.165, 1.54) is 12.1 Å². The molecule has 1 aliphatic rings. The van der Waals surface area contributed by atoms with Crippen LogP contribution in [0.15, 0.2) is 36.5 Å². The normalized spacial score (nSPS) is 15.0. The highest BCUT2D eigenvalue weighted by Crippen LogP contribution is 2.22. The Balaban J connectivity index is 1.86. The fraction of sp³-hybridized carbons (Fsp3) is 0.286. The van der Waals surface area contributed by atoms with Gasteiger partial charge in [0.1, 0.15) is 0 Å². The second kappa shape index (κ2) is 5.84. The Hall–Kier alpha value is -2.54. The number of nitro groups is 1. The van der Waals surface area contributed by atoms with Gasteiger partial charge in [-0.1, -0.05) is 0 Å². The minimum atomic E-state index is -0.414. The van der Waals surface area contributed by atoms with Crippen LogP contribution in [0.1, 0.15) is 0 Å². The number of morpholine rings is 1. The molecule has 0 radical (unpaired) electrons. The number of anilines is 1. The van der Waals surface area contributed by atoms with Crippen molar-refractivity contribution in [3.8, 4) is 11.3 Å². The van der Waals surface area contributed by atoms with Crippen molar-refractivity contribution in [1.29, 1.82) is 0 Å². The minimum absolute atomic E-state index is 0.0706. The fourth-order valence-electron chi connectivity index (χ4n) is 2.18. The van der Waals surface area contributed by atoms with E-state index in [4.69, 9.17) is 4.74 Å². The molecule has 1 fully saturated rings. The molecular formula is C14H14N4O3. The standard InChI is InChI=1S/C14H14N4O3/c19-18(20)12-3-1-11(2-4-12)13-5-6-15-14(16-13)17-7-9-21-10-8-17/h1-6H,7-10H2. The molecule has 2 aromatic rings. The van der Waals surface area contributed by atoms with E-state index in [1.54, 1.807) is 24.4 Å². The molecule has 21 heavy (non-hydrogen) atoms. The molecule has 2 heterocycles. The van der Waals surface area contributed by atoms with Crippen LogP contribution in [0.3, 0.4) is 0 Å². The second-order valence-corrected chi connectivity index (χ2v) is 4.65. The monoisotopic (exact) mass is 286 g/mol. The van der Waals surface area contributed by atoms with E-state index < -0.39 is 4.92 Å². The smallest absolute Gasteiger partial charge is 0.269 e. The van der Waals surface area contributed by atoms with Crippen LogP contribution in [0.25, 0.3) is 11.3 Å². The zero-order chi connectivity index (χ0) is 14.7. The van der Waals surface area contributed by atoms with Gasteiger partial charge in [0.05, 0.1) is 23.8 Å². The van der Waals surface area contributed by atoms with Crippen LogP contribution < -0.4 is 4.90 Å². The molecule has 0 saturated carbocycles. The predicted octanol–water partition coefficient (Wildman–Crippen LogP) is 1.89. The molecule has 1 aromatic carbocycles. The molecule has 7 nitrogen and oxygen atoms in total. The van der Waals surface area contributed by atoms with Crippen molar-refractivity contribution in [3.05, 3.63) is 46.6 Å². The highest BCUT2D eigenvalue weighted by atomic mass is 16.6. The molecule has 3 rings (SSSR count). The second-order valence-electron chi connectivity index (χ2n) is 4.65. The maximum absolute atomic E-state index is 10.7. The summed E-state index contributed by atoms with van der Waals surface area (Å²) in [6.07, 6.45) is 1.70. The van der Waals surface area contributed by atoms with E-state index in [-0.39, 0.29) is 5.69 Å². The maximum Gasteiger partial charge on any atom is 0.269 e. The van der Waals surface area contributed by atoms with Crippen molar-refractivity contribution in [1.82, 2.24) is 9.97 Å². The first-order valence-electron chi connectivity index (χ1n) is 6.64. The number of hydrogen-bond acceptors (Lipinski definition) is 6. The van der Waals surface area contributed by atoms with Crippen LogP contribution in [0.5, 0.6) is 0 Å². The van der Waals surface area contributed by atoms with Gasteiger partial charge in [0, 0.05) is 37.0 Å². The third-order valence-corrected chi connectivity index (χ3v) is 3.31. The minimum Gasteiger partial charge on any atom is -0.378 e. The molecule has 0 aliphatic carbocycles. The number of nitro benzene ring substituents is 1. The lowest BCUT2D eigenvalue weighted by Gasteiger charge is -2.26. The van der Waals surface area contributed by atoms with Gasteiger partial charge < -0.3 is 9.64 Å². The van der Waals surface area contributed by atoms with Crippen molar-refractivity contribution >= 4 is 11.6 Å². The number of aromatic nitrogens is 2. The summed E-state index contributed by atoms with van der Waals surface area (Å²) in [5.41, 5.74) is 1.65. The molecule has 7 heteroatoms. The summed E-state index contributed by atoms with van der Waals surface area (Å²) in [6.45, 7) is 2.88. The van der Waals surface area contributed by atoms with Crippen LogP contribution >= 0.6 is 0 Å². The van der Waals surface area contributed by atoms with E-state index in [0.29, 0.717) is 19.2 Å². The number of non-ortho nitro benzene ring substituents is 1. The quantitative estimate of drug-likeness (QED) is 0.633. The van der Waals surface area contributed by atoms with Crippen LogP contribution in [0, 0.1) is 10.1 Å². The average molecular weight is 286 g/mol. The lowest BCUT2D eigenvalue weighted by Crippen LogP contribution is -2.37. The fourth-order valence-corrected chi connectivity index (χ4v) is 2.18. The SMILES string of the molecule is O=[N+]([O-])c1ccc(-c2ccnc(N3CCOCC3)n2)cc1. The Morgan fingerprint density at radius 1 is 1.14 bits per heavy atom. The molecule has 0 unspecified atom stereocenters.